The first-order valence-electron chi connectivity index (χ1n) is 9.34. The Kier molecular flexibility index (Phi) is 7.86. The molecule has 0 bridgehead atoms. The van der Waals surface area contributed by atoms with E-state index in [-0.39, 0.29) is 18.1 Å². The Balaban J connectivity index is 2.18. The van der Waals surface area contributed by atoms with Crippen LogP contribution in [0.4, 0.5) is 13.2 Å². The van der Waals surface area contributed by atoms with Crippen LogP contribution in [0, 0.1) is 0 Å². The van der Waals surface area contributed by atoms with E-state index in [0.29, 0.717) is 47.6 Å². The van der Waals surface area contributed by atoms with Crippen molar-refractivity contribution in [3.05, 3.63) is 58.7 Å². The number of benzene rings is 2. The molecule has 162 valence electrons. The van der Waals surface area contributed by atoms with Crippen molar-refractivity contribution >= 4 is 11.7 Å². The molecule has 1 amide bonds. The first kappa shape index (κ1) is 23.3. The Morgan fingerprint density at radius 3 is 2.10 bits per heavy atom. The third-order valence-electron chi connectivity index (χ3n) is 4.60. The maximum absolute atomic E-state index is 12.9. The van der Waals surface area contributed by atoms with Gasteiger partial charge in [-0.15, -0.1) is 0 Å². The number of ether oxygens (including phenoxy) is 2. The van der Waals surface area contributed by atoms with Crippen LogP contribution in [-0.4, -0.2) is 32.5 Å². The third kappa shape index (κ3) is 6.23. The molecule has 0 atom stereocenters. The summed E-state index contributed by atoms with van der Waals surface area (Å²) in [6.07, 6.45) is -3.55. The number of hydrogen-bond donors (Lipinski definition) is 1. The van der Waals surface area contributed by atoms with Gasteiger partial charge in [0, 0.05) is 25.5 Å². The second-order valence-electron chi connectivity index (χ2n) is 6.72. The first-order chi connectivity index (χ1) is 14.2. The van der Waals surface area contributed by atoms with Crippen LogP contribution in [0.25, 0.3) is 0 Å². The molecule has 2 aromatic rings. The molecule has 0 fully saturated rings. The van der Waals surface area contributed by atoms with Crippen LogP contribution in [0.3, 0.4) is 0 Å². The molecule has 0 aliphatic rings. The zero-order chi connectivity index (χ0) is 22.3. The summed E-state index contributed by atoms with van der Waals surface area (Å²) in [6, 6.07) is 8.07. The number of methoxy groups -OCH3 is 2. The molecule has 0 saturated carbocycles. The standard InChI is InChI=1S/C22H24F3NO4/c1-14(27)26-11-10-16-12-20(29-2)21(30-3)13-18(16)19(28)9-6-15-4-7-17(8-5-15)22(23,24)25/h4-5,7-8,12-13H,6,9-11H2,1-3H3,(H,26,27). The van der Waals surface area contributed by atoms with Gasteiger partial charge in [0.1, 0.15) is 0 Å². The van der Waals surface area contributed by atoms with Gasteiger partial charge in [-0.05, 0) is 48.2 Å². The van der Waals surface area contributed by atoms with Gasteiger partial charge >= 0.3 is 6.18 Å². The van der Waals surface area contributed by atoms with Crippen molar-refractivity contribution in [1.82, 2.24) is 5.32 Å². The van der Waals surface area contributed by atoms with Gasteiger partial charge in [0.05, 0.1) is 19.8 Å². The highest BCUT2D eigenvalue weighted by Crippen LogP contribution is 2.32. The summed E-state index contributed by atoms with van der Waals surface area (Å²) in [5.74, 6) is 0.521. The van der Waals surface area contributed by atoms with E-state index in [0.717, 1.165) is 12.1 Å². The molecule has 0 aliphatic heterocycles. The number of alkyl halides is 3. The fourth-order valence-electron chi connectivity index (χ4n) is 3.01. The van der Waals surface area contributed by atoms with Gasteiger partial charge in [-0.25, -0.2) is 0 Å². The maximum Gasteiger partial charge on any atom is 0.416 e. The fourth-order valence-corrected chi connectivity index (χ4v) is 3.01. The molecule has 0 spiro atoms. The second kappa shape index (κ2) is 10.1. The predicted molar refractivity (Wildman–Crippen MR) is 106 cm³/mol. The highest BCUT2D eigenvalue weighted by atomic mass is 19.4. The van der Waals surface area contributed by atoms with Crippen LogP contribution in [0.1, 0.15) is 40.4 Å². The second-order valence-corrected chi connectivity index (χ2v) is 6.72. The zero-order valence-electron chi connectivity index (χ0n) is 17.1. The summed E-state index contributed by atoms with van der Waals surface area (Å²) >= 11 is 0. The summed E-state index contributed by atoms with van der Waals surface area (Å²) in [5, 5.41) is 2.69. The number of carbonyl (C=O) groups is 2. The highest BCUT2D eigenvalue weighted by molar-refractivity contribution is 5.98. The van der Waals surface area contributed by atoms with Crippen LogP contribution < -0.4 is 14.8 Å². The lowest BCUT2D eigenvalue weighted by molar-refractivity contribution is -0.137. The normalized spacial score (nSPS) is 11.1. The Morgan fingerprint density at radius 1 is 0.967 bits per heavy atom. The first-order valence-corrected chi connectivity index (χ1v) is 9.34. The van der Waals surface area contributed by atoms with Gasteiger partial charge in [0.25, 0.3) is 0 Å². The topological polar surface area (TPSA) is 64.6 Å². The van der Waals surface area contributed by atoms with Crippen molar-refractivity contribution in [3.8, 4) is 11.5 Å². The van der Waals surface area contributed by atoms with Crippen LogP contribution in [0.15, 0.2) is 36.4 Å². The largest absolute Gasteiger partial charge is 0.493 e. The van der Waals surface area contributed by atoms with Gasteiger partial charge in [-0.1, -0.05) is 12.1 Å². The van der Waals surface area contributed by atoms with E-state index in [1.807, 2.05) is 0 Å². The lowest BCUT2D eigenvalue weighted by atomic mass is 9.95. The maximum atomic E-state index is 12.9. The number of carbonyl (C=O) groups excluding carboxylic acids is 2. The molecule has 0 heterocycles. The number of halogens is 3. The number of Topliss-reactive ketones (excluding diaryl/α,β-unsaturated/α-hetero) is 1. The number of aryl methyl sites for hydroxylation is 1. The van der Waals surface area contributed by atoms with Crippen molar-refractivity contribution in [2.45, 2.75) is 32.4 Å². The highest BCUT2D eigenvalue weighted by Gasteiger charge is 2.29. The van der Waals surface area contributed by atoms with Crippen molar-refractivity contribution < 1.29 is 32.2 Å². The predicted octanol–water partition coefficient (Wildman–Crippen LogP) is 4.22. The number of amides is 1. The number of nitrogens with one attached hydrogen (secondary N) is 1. The molecule has 0 radical (unpaired) electrons. The smallest absolute Gasteiger partial charge is 0.416 e. The average molecular weight is 423 g/mol. The summed E-state index contributed by atoms with van der Waals surface area (Å²) in [5.41, 5.74) is 1.04. The summed E-state index contributed by atoms with van der Waals surface area (Å²) in [7, 11) is 2.95. The Labute approximate surface area is 173 Å². The van der Waals surface area contributed by atoms with E-state index in [2.05, 4.69) is 5.32 Å². The minimum Gasteiger partial charge on any atom is -0.493 e. The molecule has 0 aromatic heterocycles. The molecule has 2 rings (SSSR count). The van der Waals surface area contributed by atoms with E-state index in [4.69, 9.17) is 9.47 Å². The van der Waals surface area contributed by atoms with Gasteiger partial charge in [0.15, 0.2) is 17.3 Å². The van der Waals surface area contributed by atoms with Crippen LogP contribution in [-0.2, 0) is 23.8 Å². The lowest BCUT2D eigenvalue weighted by Gasteiger charge is -2.15. The zero-order valence-corrected chi connectivity index (χ0v) is 17.1. The molecule has 2 aromatic carbocycles. The van der Waals surface area contributed by atoms with Gasteiger partial charge in [-0.2, -0.15) is 13.2 Å². The van der Waals surface area contributed by atoms with Crippen molar-refractivity contribution in [1.29, 1.82) is 0 Å². The summed E-state index contributed by atoms with van der Waals surface area (Å²) < 4.78 is 48.6. The molecule has 1 N–H and O–H groups in total. The van der Waals surface area contributed by atoms with E-state index in [9.17, 15) is 22.8 Å². The molecule has 30 heavy (non-hydrogen) atoms. The van der Waals surface area contributed by atoms with Crippen molar-refractivity contribution in [2.24, 2.45) is 0 Å². The molecular formula is C22H24F3NO4. The molecule has 0 unspecified atom stereocenters. The number of hydrogen-bond acceptors (Lipinski definition) is 4. The quantitative estimate of drug-likeness (QED) is 0.614. The van der Waals surface area contributed by atoms with Crippen LogP contribution >= 0.6 is 0 Å². The van der Waals surface area contributed by atoms with Gasteiger partial charge in [0.2, 0.25) is 5.91 Å². The molecule has 8 heteroatoms. The Bertz CT molecular complexity index is 892. The molecular weight excluding hydrogens is 399 g/mol. The van der Waals surface area contributed by atoms with E-state index in [1.165, 1.54) is 33.3 Å². The molecule has 5 nitrogen and oxygen atoms in total. The third-order valence-corrected chi connectivity index (χ3v) is 4.60. The minimum absolute atomic E-state index is 0.119. The fraction of sp³-hybridized carbons (Fsp3) is 0.364. The summed E-state index contributed by atoms with van der Waals surface area (Å²) in [6.45, 7) is 1.76. The molecule has 0 aliphatic carbocycles. The monoisotopic (exact) mass is 423 g/mol. The number of rotatable bonds is 9. The van der Waals surface area contributed by atoms with E-state index >= 15 is 0 Å². The summed E-state index contributed by atoms with van der Waals surface area (Å²) in [4.78, 5) is 24.0. The molecule has 0 saturated heterocycles. The Morgan fingerprint density at radius 2 is 1.57 bits per heavy atom. The average Bonchev–Trinajstić information content (AvgIpc) is 2.70. The van der Waals surface area contributed by atoms with Crippen molar-refractivity contribution in [2.75, 3.05) is 20.8 Å². The van der Waals surface area contributed by atoms with E-state index in [1.54, 1.807) is 12.1 Å². The van der Waals surface area contributed by atoms with Gasteiger partial charge < -0.3 is 14.8 Å². The van der Waals surface area contributed by atoms with E-state index < -0.39 is 11.7 Å². The minimum atomic E-state index is -4.39. The van der Waals surface area contributed by atoms with Gasteiger partial charge in [-0.3, -0.25) is 9.59 Å². The van der Waals surface area contributed by atoms with Crippen LogP contribution in [0.5, 0.6) is 11.5 Å². The van der Waals surface area contributed by atoms with Crippen molar-refractivity contribution in [3.63, 3.8) is 0 Å². The van der Waals surface area contributed by atoms with Crippen LogP contribution in [0.2, 0.25) is 0 Å². The Hall–Kier alpha value is -3.03. The SMILES string of the molecule is COc1cc(CCNC(C)=O)c(C(=O)CCc2ccc(C(F)(F)F)cc2)cc1OC. The number of ketones is 1. The lowest BCUT2D eigenvalue weighted by Crippen LogP contribution is -2.23.